The molecule has 1 aliphatic carbocycles. The van der Waals surface area contributed by atoms with Gasteiger partial charge < -0.3 is 4.74 Å². The highest BCUT2D eigenvalue weighted by molar-refractivity contribution is 5.98. The topological polar surface area (TPSA) is 39.2 Å². The summed E-state index contributed by atoms with van der Waals surface area (Å²) >= 11 is 0. The first-order valence-electron chi connectivity index (χ1n) is 5.43. The van der Waals surface area contributed by atoms with E-state index in [1.54, 1.807) is 18.5 Å². The molecule has 0 atom stereocenters. The van der Waals surface area contributed by atoms with Gasteiger partial charge in [0.25, 0.3) is 0 Å². The Morgan fingerprint density at radius 1 is 1.53 bits per heavy atom. The van der Waals surface area contributed by atoms with Crippen molar-refractivity contribution >= 4 is 5.78 Å². The summed E-state index contributed by atoms with van der Waals surface area (Å²) < 4.78 is 5.31. The van der Waals surface area contributed by atoms with Crippen LogP contribution in [0.1, 0.15) is 36.5 Å². The van der Waals surface area contributed by atoms with Crippen LogP contribution in [0.2, 0.25) is 0 Å². The van der Waals surface area contributed by atoms with Gasteiger partial charge in [0, 0.05) is 17.7 Å². The zero-order valence-corrected chi connectivity index (χ0v) is 8.90. The van der Waals surface area contributed by atoms with Crippen molar-refractivity contribution in [2.45, 2.75) is 26.2 Å². The molecule has 0 amide bonds. The molecule has 1 heterocycles. The molecule has 15 heavy (non-hydrogen) atoms. The molecule has 3 heteroatoms. The number of Topliss-reactive ketones (excluding diaryl/α,β-unsaturated/α-hetero) is 1. The fourth-order valence-corrected chi connectivity index (χ4v) is 1.71. The Morgan fingerprint density at radius 3 is 2.93 bits per heavy atom. The van der Waals surface area contributed by atoms with Crippen molar-refractivity contribution in [3.8, 4) is 5.75 Å². The van der Waals surface area contributed by atoms with Crippen LogP contribution in [0, 0.1) is 5.92 Å². The van der Waals surface area contributed by atoms with E-state index in [-0.39, 0.29) is 11.7 Å². The molecular weight excluding hydrogens is 190 g/mol. The van der Waals surface area contributed by atoms with E-state index >= 15 is 0 Å². The highest BCUT2D eigenvalue weighted by Crippen LogP contribution is 2.30. The lowest BCUT2D eigenvalue weighted by molar-refractivity contribution is 0.0854. The van der Waals surface area contributed by atoms with E-state index in [1.807, 2.05) is 6.92 Å². The normalized spacial score (nSPS) is 15.8. The van der Waals surface area contributed by atoms with Gasteiger partial charge in [-0.15, -0.1) is 0 Å². The van der Waals surface area contributed by atoms with Gasteiger partial charge in [0.05, 0.1) is 12.8 Å². The third-order valence-corrected chi connectivity index (χ3v) is 2.78. The lowest BCUT2D eigenvalue weighted by Crippen LogP contribution is -2.22. The standard InChI is InChI=1S/C12H15NO2/c1-2-15-11-6-10(7-13-8-11)12(14)9-4-3-5-9/h6-9H,2-5H2,1H3. The molecule has 1 saturated carbocycles. The Hall–Kier alpha value is -1.38. The van der Waals surface area contributed by atoms with Crippen molar-refractivity contribution in [2.75, 3.05) is 6.61 Å². The highest BCUT2D eigenvalue weighted by atomic mass is 16.5. The van der Waals surface area contributed by atoms with E-state index in [9.17, 15) is 4.79 Å². The SMILES string of the molecule is CCOc1cncc(C(=O)C2CCC2)c1. The van der Waals surface area contributed by atoms with Gasteiger partial charge in [0.15, 0.2) is 5.78 Å². The second kappa shape index (κ2) is 4.43. The van der Waals surface area contributed by atoms with Crippen LogP contribution in [-0.2, 0) is 0 Å². The molecule has 80 valence electrons. The molecule has 2 rings (SSSR count). The van der Waals surface area contributed by atoms with E-state index in [0.717, 1.165) is 12.8 Å². The van der Waals surface area contributed by atoms with Crippen LogP contribution in [0.15, 0.2) is 18.5 Å². The van der Waals surface area contributed by atoms with Crippen LogP contribution in [-0.4, -0.2) is 17.4 Å². The molecule has 0 radical (unpaired) electrons. The third kappa shape index (κ3) is 2.17. The minimum absolute atomic E-state index is 0.218. The number of hydrogen-bond acceptors (Lipinski definition) is 3. The van der Waals surface area contributed by atoms with E-state index in [4.69, 9.17) is 4.74 Å². The molecule has 0 N–H and O–H groups in total. The predicted octanol–water partition coefficient (Wildman–Crippen LogP) is 2.46. The molecule has 0 unspecified atom stereocenters. The van der Waals surface area contributed by atoms with Gasteiger partial charge in [-0.05, 0) is 25.8 Å². The lowest BCUT2D eigenvalue weighted by atomic mass is 9.80. The van der Waals surface area contributed by atoms with Gasteiger partial charge in [-0.25, -0.2) is 0 Å². The molecule has 3 nitrogen and oxygen atoms in total. The van der Waals surface area contributed by atoms with Crippen LogP contribution < -0.4 is 4.74 Å². The number of ether oxygens (including phenoxy) is 1. The van der Waals surface area contributed by atoms with Crippen molar-refractivity contribution in [1.29, 1.82) is 0 Å². The summed E-state index contributed by atoms with van der Waals surface area (Å²) in [6.45, 7) is 2.52. The van der Waals surface area contributed by atoms with Gasteiger partial charge in [0.2, 0.25) is 0 Å². The fourth-order valence-electron chi connectivity index (χ4n) is 1.71. The van der Waals surface area contributed by atoms with Crippen LogP contribution in [0.5, 0.6) is 5.75 Å². The first-order valence-corrected chi connectivity index (χ1v) is 5.43. The molecule has 1 aliphatic rings. The second-order valence-electron chi connectivity index (χ2n) is 3.83. The summed E-state index contributed by atoms with van der Waals surface area (Å²) in [7, 11) is 0. The Labute approximate surface area is 89.5 Å². The summed E-state index contributed by atoms with van der Waals surface area (Å²) in [5.74, 6) is 1.13. The van der Waals surface area contributed by atoms with Gasteiger partial charge >= 0.3 is 0 Å². The Balaban J connectivity index is 2.12. The zero-order chi connectivity index (χ0) is 10.7. The smallest absolute Gasteiger partial charge is 0.167 e. The maximum Gasteiger partial charge on any atom is 0.167 e. The van der Waals surface area contributed by atoms with Crippen LogP contribution in [0.3, 0.4) is 0 Å². The number of nitrogens with zero attached hydrogens (tertiary/aromatic N) is 1. The molecule has 1 aromatic rings. The van der Waals surface area contributed by atoms with Crippen molar-refractivity contribution in [3.05, 3.63) is 24.0 Å². The van der Waals surface area contributed by atoms with Crippen molar-refractivity contribution in [2.24, 2.45) is 5.92 Å². The Bertz CT molecular complexity index is 358. The minimum atomic E-state index is 0.218. The Morgan fingerprint density at radius 2 is 2.33 bits per heavy atom. The van der Waals surface area contributed by atoms with E-state index in [2.05, 4.69) is 4.98 Å². The summed E-state index contributed by atoms with van der Waals surface area (Å²) in [5, 5.41) is 0. The van der Waals surface area contributed by atoms with E-state index in [1.165, 1.54) is 6.42 Å². The second-order valence-corrected chi connectivity index (χ2v) is 3.83. The minimum Gasteiger partial charge on any atom is -0.492 e. The first-order chi connectivity index (χ1) is 7.31. The van der Waals surface area contributed by atoms with Crippen molar-refractivity contribution in [1.82, 2.24) is 4.98 Å². The molecule has 0 saturated heterocycles. The molecular formula is C12H15NO2. The fraction of sp³-hybridized carbons (Fsp3) is 0.500. The van der Waals surface area contributed by atoms with Crippen molar-refractivity contribution < 1.29 is 9.53 Å². The number of aromatic nitrogens is 1. The average Bonchev–Trinajstić information content (AvgIpc) is 2.16. The Kier molecular flexibility index (Phi) is 2.99. The first kappa shape index (κ1) is 10.1. The summed E-state index contributed by atoms with van der Waals surface area (Å²) in [6.07, 6.45) is 6.49. The monoisotopic (exact) mass is 205 g/mol. The molecule has 0 aliphatic heterocycles. The highest BCUT2D eigenvalue weighted by Gasteiger charge is 2.26. The maximum atomic E-state index is 11.9. The van der Waals surface area contributed by atoms with Crippen LogP contribution >= 0.6 is 0 Å². The number of carbonyl (C=O) groups excluding carboxylic acids is 1. The summed E-state index contributed by atoms with van der Waals surface area (Å²) in [5.41, 5.74) is 0.686. The average molecular weight is 205 g/mol. The lowest BCUT2D eigenvalue weighted by Gasteiger charge is -2.23. The van der Waals surface area contributed by atoms with Gasteiger partial charge in [0.1, 0.15) is 5.75 Å². The van der Waals surface area contributed by atoms with Crippen LogP contribution in [0.25, 0.3) is 0 Å². The zero-order valence-electron chi connectivity index (χ0n) is 8.90. The van der Waals surface area contributed by atoms with Gasteiger partial charge in [-0.3, -0.25) is 9.78 Å². The van der Waals surface area contributed by atoms with Crippen LogP contribution in [0.4, 0.5) is 0 Å². The number of rotatable bonds is 4. The van der Waals surface area contributed by atoms with E-state index in [0.29, 0.717) is 17.9 Å². The molecule has 0 spiro atoms. The van der Waals surface area contributed by atoms with Crippen molar-refractivity contribution in [3.63, 3.8) is 0 Å². The quantitative estimate of drug-likeness (QED) is 0.709. The molecule has 0 bridgehead atoms. The number of carbonyl (C=O) groups is 1. The number of ketones is 1. The molecule has 0 aromatic carbocycles. The summed E-state index contributed by atoms with van der Waals surface area (Å²) in [4.78, 5) is 15.9. The molecule has 1 aromatic heterocycles. The van der Waals surface area contributed by atoms with Gasteiger partial charge in [-0.1, -0.05) is 6.42 Å². The molecule has 1 fully saturated rings. The van der Waals surface area contributed by atoms with E-state index < -0.39 is 0 Å². The largest absolute Gasteiger partial charge is 0.492 e. The number of pyridine rings is 1. The van der Waals surface area contributed by atoms with Gasteiger partial charge in [-0.2, -0.15) is 0 Å². The number of hydrogen-bond donors (Lipinski definition) is 0. The third-order valence-electron chi connectivity index (χ3n) is 2.78. The maximum absolute atomic E-state index is 11.9. The summed E-state index contributed by atoms with van der Waals surface area (Å²) in [6, 6.07) is 1.79. The predicted molar refractivity (Wildman–Crippen MR) is 57.1 cm³/mol.